The molecule has 0 atom stereocenters. The summed E-state index contributed by atoms with van der Waals surface area (Å²) < 4.78 is 11.0. The fourth-order valence-corrected chi connectivity index (χ4v) is 4.63. The molecule has 5 rings (SSSR count). The van der Waals surface area contributed by atoms with Crippen molar-refractivity contribution in [1.29, 1.82) is 0 Å². The molecule has 172 valence electrons. The zero-order chi connectivity index (χ0) is 22.8. The molecule has 0 unspecified atom stereocenters. The van der Waals surface area contributed by atoms with Gasteiger partial charge < -0.3 is 29.7 Å². The number of fused-ring (bicyclic) bond motifs is 2. The Morgan fingerprint density at radius 1 is 1.03 bits per heavy atom. The minimum absolute atomic E-state index is 0.212. The number of para-hydroxylation sites is 2. The lowest BCUT2D eigenvalue weighted by atomic mass is 10.1. The Kier molecular flexibility index (Phi) is 5.92. The fourth-order valence-electron chi connectivity index (χ4n) is 4.63. The molecule has 0 amide bonds. The molecule has 3 heterocycles. The molecule has 1 aliphatic rings. The number of imidazole rings is 1. The molecule has 1 aliphatic heterocycles. The SMILES string of the molecule is COc1cc2[nH]c(=O)c(-c3nc4ccccc4[nH]3)c(NCCCN3CCCC3)c2cc1OC. The second-order valence-corrected chi connectivity index (χ2v) is 8.39. The van der Waals surface area contributed by atoms with Crippen LogP contribution in [0.5, 0.6) is 11.5 Å². The summed E-state index contributed by atoms with van der Waals surface area (Å²) in [7, 11) is 3.20. The van der Waals surface area contributed by atoms with Crippen LogP contribution < -0.4 is 20.3 Å². The number of aromatic nitrogens is 3. The van der Waals surface area contributed by atoms with Crippen LogP contribution in [0.4, 0.5) is 5.69 Å². The van der Waals surface area contributed by atoms with Crippen molar-refractivity contribution in [3.8, 4) is 22.9 Å². The fraction of sp³-hybridized carbons (Fsp3) is 0.360. The molecule has 0 bridgehead atoms. The van der Waals surface area contributed by atoms with E-state index in [1.165, 1.54) is 25.9 Å². The van der Waals surface area contributed by atoms with E-state index in [1.54, 1.807) is 20.3 Å². The maximum atomic E-state index is 13.3. The number of aromatic amines is 2. The van der Waals surface area contributed by atoms with Crippen LogP contribution in [-0.2, 0) is 0 Å². The minimum atomic E-state index is -0.212. The van der Waals surface area contributed by atoms with Gasteiger partial charge in [0.25, 0.3) is 5.56 Å². The van der Waals surface area contributed by atoms with E-state index in [1.807, 2.05) is 30.3 Å². The average Bonchev–Trinajstić information content (AvgIpc) is 3.50. The molecular formula is C25H29N5O3. The van der Waals surface area contributed by atoms with Crippen LogP contribution in [-0.4, -0.2) is 60.3 Å². The molecule has 3 N–H and O–H groups in total. The van der Waals surface area contributed by atoms with Gasteiger partial charge in [-0.25, -0.2) is 4.98 Å². The van der Waals surface area contributed by atoms with Crippen LogP contribution in [0.3, 0.4) is 0 Å². The monoisotopic (exact) mass is 447 g/mol. The number of methoxy groups -OCH3 is 2. The van der Waals surface area contributed by atoms with E-state index in [9.17, 15) is 4.79 Å². The van der Waals surface area contributed by atoms with Crippen molar-refractivity contribution in [3.63, 3.8) is 0 Å². The number of hydrogen-bond acceptors (Lipinski definition) is 6. The van der Waals surface area contributed by atoms with E-state index in [4.69, 9.17) is 14.5 Å². The van der Waals surface area contributed by atoms with Gasteiger partial charge in [0.2, 0.25) is 0 Å². The average molecular weight is 448 g/mol. The third-order valence-electron chi connectivity index (χ3n) is 6.30. The lowest BCUT2D eigenvalue weighted by Crippen LogP contribution is -2.23. The summed E-state index contributed by atoms with van der Waals surface area (Å²) in [6.07, 6.45) is 3.55. The van der Waals surface area contributed by atoms with Crippen LogP contribution in [0.15, 0.2) is 41.2 Å². The second-order valence-electron chi connectivity index (χ2n) is 8.39. The predicted octanol–water partition coefficient (Wildman–Crippen LogP) is 3.99. The first-order chi connectivity index (χ1) is 16.2. The minimum Gasteiger partial charge on any atom is -0.493 e. The van der Waals surface area contributed by atoms with Crippen LogP contribution in [0.25, 0.3) is 33.3 Å². The molecule has 0 radical (unpaired) electrons. The topological polar surface area (TPSA) is 95.3 Å². The van der Waals surface area contributed by atoms with Gasteiger partial charge in [0.05, 0.1) is 36.5 Å². The highest BCUT2D eigenvalue weighted by Gasteiger charge is 2.20. The number of ether oxygens (including phenoxy) is 2. The number of pyridine rings is 1. The second kappa shape index (κ2) is 9.15. The molecule has 1 fully saturated rings. The smallest absolute Gasteiger partial charge is 0.261 e. The third-order valence-corrected chi connectivity index (χ3v) is 6.30. The number of H-pyrrole nitrogens is 2. The molecule has 8 heteroatoms. The number of hydrogen-bond donors (Lipinski definition) is 3. The maximum Gasteiger partial charge on any atom is 0.261 e. The summed E-state index contributed by atoms with van der Waals surface area (Å²) in [6.45, 7) is 4.15. The Bertz CT molecular complexity index is 1300. The molecule has 4 aromatic rings. The predicted molar refractivity (Wildman–Crippen MR) is 132 cm³/mol. The van der Waals surface area contributed by atoms with Crippen molar-refractivity contribution >= 4 is 27.6 Å². The van der Waals surface area contributed by atoms with Gasteiger partial charge in [-0.05, 0) is 57.1 Å². The Balaban J connectivity index is 1.59. The van der Waals surface area contributed by atoms with Gasteiger partial charge in [0, 0.05) is 18.0 Å². The Morgan fingerprint density at radius 2 is 1.79 bits per heavy atom. The maximum absolute atomic E-state index is 13.3. The first-order valence-corrected chi connectivity index (χ1v) is 11.4. The lowest BCUT2D eigenvalue weighted by Gasteiger charge is -2.18. The van der Waals surface area contributed by atoms with Crippen LogP contribution in [0.2, 0.25) is 0 Å². The summed E-state index contributed by atoms with van der Waals surface area (Å²) in [6, 6.07) is 11.5. The number of rotatable bonds is 8. The highest BCUT2D eigenvalue weighted by Crippen LogP contribution is 2.37. The summed E-state index contributed by atoms with van der Waals surface area (Å²) in [5.74, 6) is 1.71. The molecule has 0 aliphatic carbocycles. The van der Waals surface area contributed by atoms with E-state index >= 15 is 0 Å². The summed E-state index contributed by atoms with van der Waals surface area (Å²) in [5, 5.41) is 4.40. The van der Waals surface area contributed by atoms with E-state index in [0.717, 1.165) is 41.6 Å². The van der Waals surface area contributed by atoms with Gasteiger partial charge >= 0.3 is 0 Å². The van der Waals surface area contributed by atoms with Crippen molar-refractivity contribution < 1.29 is 9.47 Å². The Hall–Kier alpha value is -3.52. The van der Waals surface area contributed by atoms with Gasteiger partial charge in [-0.1, -0.05) is 12.1 Å². The highest BCUT2D eigenvalue weighted by atomic mass is 16.5. The van der Waals surface area contributed by atoms with Gasteiger partial charge in [-0.2, -0.15) is 0 Å². The zero-order valence-electron chi connectivity index (χ0n) is 19.0. The molecule has 8 nitrogen and oxygen atoms in total. The lowest BCUT2D eigenvalue weighted by molar-refractivity contribution is 0.337. The third kappa shape index (κ3) is 4.14. The van der Waals surface area contributed by atoms with Crippen molar-refractivity contribution in [1.82, 2.24) is 19.9 Å². The summed E-state index contributed by atoms with van der Waals surface area (Å²) in [4.78, 5) is 26.8. The van der Waals surface area contributed by atoms with Crippen molar-refractivity contribution in [2.75, 3.05) is 45.7 Å². The highest BCUT2D eigenvalue weighted by molar-refractivity contribution is 6.00. The van der Waals surface area contributed by atoms with Crippen molar-refractivity contribution in [3.05, 3.63) is 46.8 Å². The molecule has 2 aromatic heterocycles. The van der Waals surface area contributed by atoms with Crippen LogP contribution in [0, 0.1) is 0 Å². The molecule has 0 saturated carbocycles. The molecule has 1 saturated heterocycles. The number of likely N-dealkylation sites (tertiary alicyclic amines) is 1. The van der Waals surface area contributed by atoms with E-state index in [2.05, 4.69) is 20.2 Å². The summed E-state index contributed by atoms with van der Waals surface area (Å²) in [5.41, 5.74) is 3.41. The Labute approximate surface area is 191 Å². The van der Waals surface area contributed by atoms with E-state index in [-0.39, 0.29) is 5.56 Å². The number of benzene rings is 2. The van der Waals surface area contributed by atoms with E-state index < -0.39 is 0 Å². The van der Waals surface area contributed by atoms with Gasteiger partial charge in [-0.3, -0.25) is 4.79 Å². The zero-order valence-corrected chi connectivity index (χ0v) is 19.0. The number of nitrogens with one attached hydrogen (secondary N) is 3. The molecule has 2 aromatic carbocycles. The quantitative estimate of drug-likeness (QED) is 0.354. The number of anilines is 1. The number of nitrogens with zero attached hydrogens (tertiary/aromatic N) is 2. The largest absolute Gasteiger partial charge is 0.493 e. The van der Waals surface area contributed by atoms with Gasteiger partial charge in [-0.15, -0.1) is 0 Å². The van der Waals surface area contributed by atoms with Crippen molar-refractivity contribution in [2.45, 2.75) is 19.3 Å². The first kappa shape index (κ1) is 21.3. The van der Waals surface area contributed by atoms with Crippen molar-refractivity contribution in [2.24, 2.45) is 0 Å². The summed E-state index contributed by atoms with van der Waals surface area (Å²) >= 11 is 0. The van der Waals surface area contributed by atoms with Gasteiger partial charge in [0.1, 0.15) is 11.4 Å². The first-order valence-electron chi connectivity index (χ1n) is 11.4. The Morgan fingerprint density at radius 3 is 2.55 bits per heavy atom. The van der Waals surface area contributed by atoms with E-state index in [0.29, 0.717) is 28.4 Å². The van der Waals surface area contributed by atoms with Crippen LogP contribution >= 0.6 is 0 Å². The molecular weight excluding hydrogens is 418 g/mol. The van der Waals surface area contributed by atoms with Crippen LogP contribution in [0.1, 0.15) is 19.3 Å². The molecule has 0 spiro atoms. The molecule has 33 heavy (non-hydrogen) atoms. The van der Waals surface area contributed by atoms with Gasteiger partial charge in [0.15, 0.2) is 11.5 Å². The normalized spacial score (nSPS) is 14.2. The standard InChI is InChI=1S/C25H29N5O3/c1-32-20-14-16-19(15-21(20)33-2)29-25(31)22(24-27-17-8-3-4-9-18(17)28-24)23(16)26-10-7-13-30-11-5-6-12-30/h3-4,8-9,14-15H,5-7,10-13H2,1-2H3,(H,27,28)(H2,26,29,31).